The van der Waals surface area contributed by atoms with E-state index in [0.29, 0.717) is 5.92 Å². The van der Waals surface area contributed by atoms with E-state index in [2.05, 4.69) is 40.2 Å². The molecular formula is C15H21BrO. The van der Waals surface area contributed by atoms with Gasteiger partial charge in [0.1, 0.15) is 0 Å². The molecule has 0 radical (unpaired) electrons. The molecule has 0 amide bonds. The second kappa shape index (κ2) is 6.55. The molecule has 0 bridgehead atoms. The van der Waals surface area contributed by atoms with Crippen molar-refractivity contribution in [1.82, 2.24) is 0 Å². The third-order valence-corrected chi connectivity index (χ3v) is 4.71. The number of benzene rings is 1. The largest absolute Gasteiger partial charge is 0.393 e. The molecule has 1 fully saturated rings. The summed E-state index contributed by atoms with van der Waals surface area (Å²) in [5.41, 5.74) is 1.27. The van der Waals surface area contributed by atoms with Crippen molar-refractivity contribution in [2.45, 2.75) is 49.5 Å². The van der Waals surface area contributed by atoms with Crippen molar-refractivity contribution in [3.05, 3.63) is 35.9 Å². The van der Waals surface area contributed by atoms with Crippen LogP contribution in [-0.2, 0) is 0 Å². The summed E-state index contributed by atoms with van der Waals surface area (Å²) in [6.07, 6.45) is 7.01. The molecule has 1 nitrogen and oxygen atoms in total. The molecule has 2 atom stereocenters. The second-order valence-corrected chi connectivity index (χ2v) is 6.18. The fourth-order valence-electron chi connectivity index (χ4n) is 2.72. The predicted octanol–water partition coefficient (Wildman–Crippen LogP) is 4.45. The Morgan fingerprint density at radius 3 is 2.41 bits per heavy atom. The topological polar surface area (TPSA) is 20.2 Å². The highest BCUT2D eigenvalue weighted by molar-refractivity contribution is 9.09. The summed E-state index contributed by atoms with van der Waals surface area (Å²) < 4.78 is 0. The van der Waals surface area contributed by atoms with Crippen LogP contribution in [0, 0.1) is 5.92 Å². The monoisotopic (exact) mass is 296 g/mol. The predicted molar refractivity (Wildman–Crippen MR) is 75.3 cm³/mol. The van der Waals surface area contributed by atoms with Gasteiger partial charge in [0.2, 0.25) is 0 Å². The zero-order valence-electron chi connectivity index (χ0n) is 10.2. The molecule has 1 aliphatic rings. The molecule has 1 N–H and O–H groups in total. The maximum absolute atomic E-state index is 10.3. The van der Waals surface area contributed by atoms with Crippen LogP contribution >= 0.6 is 15.9 Å². The zero-order valence-corrected chi connectivity index (χ0v) is 11.8. The highest BCUT2D eigenvalue weighted by Gasteiger charge is 2.24. The lowest BCUT2D eigenvalue weighted by atomic mass is 9.83. The van der Waals surface area contributed by atoms with Gasteiger partial charge in [0, 0.05) is 4.83 Å². The van der Waals surface area contributed by atoms with Crippen LogP contribution < -0.4 is 0 Å². The summed E-state index contributed by atoms with van der Waals surface area (Å²) in [6.45, 7) is 0. The summed E-state index contributed by atoms with van der Waals surface area (Å²) in [5.74, 6) is 0.521. The number of aliphatic hydroxyl groups excluding tert-OH is 1. The molecule has 0 spiro atoms. The van der Waals surface area contributed by atoms with E-state index < -0.39 is 0 Å². The van der Waals surface area contributed by atoms with Gasteiger partial charge in [0.25, 0.3) is 0 Å². The average Bonchev–Trinajstić information content (AvgIpc) is 2.40. The van der Waals surface area contributed by atoms with Gasteiger partial charge < -0.3 is 5.11 Å². The molecule has 2 rings (SSSR count). The van der Waals surface area contributed by atoms with Gasteiger partial charge >= 0.3 is 0 Å². The molecule has 94 valence electrons. The van der Waals surface area contributed by atoms with E-state index in [-0.39, 0.29) is 10.9 Å². The summed E-state index contributed by atoms with van der Waals surface area (Å²) >= 11 is 3.69. The minimum Gasteiger partial charge on any atom is -0.393 e. The van der Waals surface area contributed by atoms with Crippen LogP contribution in [0.15, 0.2) is 30.3 Å². The molecule has 0 aliphatic heterocycles. The summed E-state index contributed by atoms with van der Waals surface area (Å²) in [4.78, 5) is 0.278. The van der Waals surface area contributed by atoms with Gasteiger partial charge in [-0.25, -0.2) is 0 Å². The Hall–Kier alpha value is -0.340. The number of hydrogen-bond donors (Lipinski definition) is 1. The van der Waals surface area contributed by atoms with Gasteiger partial charge in [-0.15, -0.1) is 0 Å². The van der Waals surface area contributed by atoms with Gasteiger partial charge in [0.15, 0.2) is 0 Å². The lowest BCUT2D eigenvalue weighted by Gasteiger charge is -2.28. The number of rotatable bonds is 4. The Labute approximate surface area is 112 Å². The molecule has 1 aromatic rings. The fourth-order valence-corrected chi connectivity index (χ4v) is 3.41. The van der Waals surface area contributed by atoms with E-state index in [1.165, 1.54) is 37.7 Å². The van der Waals surface area contributed by atoms with E-state index in [1.807, 2.05) is 6.07 Å². The highest BCUT2D eigenvalue weighted by atomic mass is 79.9. The zero-order chi connectivity index (χ0) is 12.1. The van der Waals surface area contributed by atoms with E-state index in [0.717, 1.165) is 6.42 Å². The van der Waals surface area contributed by atoms with Crippen molar-refractivity contribution < 1.29 is 5.11 Å². The third-order valence-electron chi connectivity index (χ3n) is 3.80. The number of aliphatic hydroxyl groups is 1. The molecule has 0 aromatic heterocycles. The minimum atomic E-state index is -0.153. The third kappa shape index (κ3) is 3.82. The number of alkyl halides is 1. The van der Waals surface area contributed by atoms with Crippen LogP contribution in [0.5, 0.6) is 0 Å². The molecule has 1 aliphatic carbocycles. The van der Waals surface area contributed by atoms with Crippen LogP contribution in [0.2, 0.25) is 0 Å². The van der Waals surface area contributed by atoms with Crippen LogP contribution in [0.1, 0.15) is 48.9 Å². The second-order valence-electron chi connectivity index (χ2n) is 5.08. The molecule has 17 heavy (non-hydrogen) atoms. The summed E-state index contributed by atoms with van der Waals surface area (Å²) in [7, 11) is 0. The fraction of sp³-hybridized carbons (Fsp3) is 0.600. The maximum Gasteiger partial charge on any atom is 0.0582 e. The first-order valence-electron chi connectivity index (χ1n) is 6.64. The number of hydrogen-bond acceptors (Lipinski definition) is 1. The SMILES string of the molecule is O[C@H](C[C@H](Br)c1ccccc1)C1CCCCC1. The summed E-state index contributed by atoms with van der Waals surface area (Å²) in [6, 6.07) is 10.4. The first-order valence-corrected chi connectivity index (χ1v) is 7.56. The lowest BCUT2D eigenvalue weighted by Crippen LogP contribution is -2.23. The Bertz CT molecular complexity index is 319. The van der Waals surface area contributed by atoms with Crippen LogP contribution in [0.4, 0.5) is 0 Å². The van der Waals surface area contributed by atoms with Crippen LogP contribution in [0.3, 0.4) is 0 Å². The van der Waals surface area contributed by atoms with E-state index >= 15 is 0 Å². The van der Waals surface area contributed by atoms with E-state index in [1.54, 1.807) is 0 Å². The molecule has 1 aromatic carbocycles. The molecular weight excluding hydrogens is 276 g/mol. The smallest absolute Gasteiger partial charge is 0.0582 e. The van der Waals surface area contributed by atoms with Crippen molar-refractivity contribution in [3.8, 4) is 0 Å². The first kappa shape index (κ1) is 13.1. The minimum absolute atomic E-state index is 0.153. The first-order chi connectivity index (χ1) is 8.27. The van der Waals surface area contributed by atoms with E-state index in [9.17, 15) is 5.11 Å². The molecule has 2 heteroatoms. The van der Waals surface area contributed by atoms with E-state index in [4.69, 9.17) is 0 Å². The van der Waals surface area contributed by atoms with Gasteiger partial charge in [-0.2, -0.15) is 0 Å². The normalized spacial score (nSPS) is 21.1. The molecule has 0 saturated heterocycles. The number of halogens is 1. The van der Waals surface area contributed by atoms with Crippen molar-refractivity contribution in [1.29, 1.82) is 0 Å². The van der Waals surface area contributed by atoms with Crippen molar-refractivity contribution in [3.63, 3.8) is 0 Å². The van der Waals surface area contributed by atoms with Gasteiger partial charge in [-0.3, -0.25) is 0 Å². The standard InChI is InChI=1S/C15H21BrO/c16-14(12-7-3-1-4-8-12)11-15(17)13-9-5-2-6-10-13/h1,3-4,7-8,13-15,17H,2,5-6,9-11H2/t14-,15+/m0/s1. The Morgan fingerprint density at radius 2 is 1.76 bits per heavy atom. The maximum atomic E-state index is 10.3. The lowest BCUT2D eigenvalue weighted by molar-refractivity contribution is 0.0773. The van der Waals surface area contributed by atoms with Crippen LogP contribution in [0.25, 0.3) is 0 Å². The Morgan fingerprint density at radius 1 is 1.12 bits per heavy atom. The quantitative estimate of drug-likeness (QED) is 0.814. The van der Waals surface area contributed by atoms with Gasteiger partial charge in [0.05, 0.1) is 6.10 Å². The molecule has 0 heterocycles. The van der Waals surface area contributed by atoms with Gasteiger partial charge in [-0.1, -0.05) is 65.5 Å². The van der Waals surface area contributed by atoms with Crippen LogP contribution in [-0.4, -0.2) is 11.2 Å². The van der Waals surface area contributed by atoms with Crippen molar-refractivity contribution in [2.75, 3.05) is 0 Å². The Balaban J connectivity index is 1.87. The van der Waals surface area contributed by atoms with Crippen molar-refractivity contribution in [2.24, 2.45) is 5.92 Å². The highest BCUT2D eigenvalue weighted by Crippen LogP contribution is 2.34. The molecule has 1 saturated carbocycles. The van der Waals surface area contributed by atoms with Crippen molar-refractivity contribution >= 4 is 15.9 Å². The average molecular weight is 297 g/mol. The Kier molecular flexibility index (Phi) is 5.05. The van der Waals surface area contributed by atoms with Gasteiger partial charge in [-0.05, 0) is 30.7 Å². The molecule has 0 unspecified atom stereocenters. The summed E-state index contributed by atoms with van der Waals surface area (Å²) in [5, 5.41) is 10.3.